The van der Waals surface area contributed by atoms with Crippen LogP contribution < -0.4 is 5.48 Å². The first-order valence-electron chi connectivity index (χ1n) is 3.70. The molecular formula is C8H10N2OS. The number of rotatable bonds is 4. The molecule has 4 heteroatoms. The van der Waals surface area contributed by atoms with E-state index < -0.39 is 0 Å². The number of nitrogens with one attached hydrogen (secondary N) is 1. The van der Waals surface area contributed by atoms with Crippen LogP contribution in [0.5, 0.6) is 0 Å². The Hall–Kier alpha value is -0.890. The van der Waals surface area contributed by atoms with Gasteiger partial charge in [0.1, 0.15) is 10.9 Å². The monoisotopic (exact) mass is 182 g/mol. The molecule has 0 saturated heterocycles. The Bertz CT molecular complexity index is 277. The summed E-state index contributed by atoms with van der Waals surface area (Å²) in [5.41, 5.74) is 2.79. The first-order chi connectivity index (χ1) is 5.86. The van der Waals surface area contributed by atoms with Gasteiger partial charge in [-0.2, -0.15) is 10.7 Å². The van der Waals surface area contributed by atoms with E-state index >= 15 is 0 Å². The molecule has 1 aromatic heterocycles. The van der Waals surface area contributed by atoms with Crippen molar-refractivity contribution in [1.29, 1.82) is 5.26 Å². The van der Waals surface area contributed by atoms with Crippen LogP contribution in [-0.2, 0) is 11.4 Å². The normalized spacial score (nSPS) is 9.67. The number of nitriles is 1. The predicted molar refractivity (Wildman–Crippen MR) is 47.5 cm³/mol. The zero-order valence-electron chi connectivity index (χ0n) is 6.83. The third-order valence-electron chi connectivity index (χ3n) is 1.26. The largest absolute Gasteiger partial charge is 0.302 e. The molecule has 12 heavy (non-hydrogen) atoms. The molecule has 0 aliphatic heterocycles. The molecule has 0 unspecified atom stereocenters. The first-order valence-corrected chi connectivity index (χ1v) is 4.52. The molecule has 64 valence electrons. The lowest BCUT2D eigenvalue weighted by Crippen LogP contribution is -2.12. The van der Waals surface area contributed by atoms with Crippen LogP contribution in [0.4, 0.5) is 0 Å². The van der Waals surface area contributed by atoms with Crippen molar-refractivity contribution in [2.45, 2.75) is 13.5 Å². The van der Waals surface area contributed by atoms with Gasteiger partial charge in [-0.1, -0.05) is 0 Å². The fourth-order valence-electron chi connectivity index (χ4n) is 0.757. The number of hydrogen-bond donors (Lipinski definition) is 1. The van der Waals surface area contributed by atoms with Gasteiger partial charge in [-0.25, -0.2) is 0 Å². The van der Waals surface area contributed by atoms with E-state index in [0.29, 0.717) is 13.2 Å². The van der Waals surface area contributed by atoms with E-state index in [1.165, 1.54) is 11.3 Å². The van der Waals surface area contributed by atoms with E-state index in [1.807, 2.05) is 19.1 Å². The van der Waals surface area contributed by atoms with Gasteiger partial charge in [-0.3, -0.25) is 0 Å². The minimum atomic E-state index is 0.649. The van der Waals surface area contributed by atoms with Crippen molar-refractivity contribution < 1.29 is 4.84 Å². The van der Waals surface area contributed by atoms with Gasteiger partial charge in [0, 0.05) is 4.88 Å². The smallest absolute Gasteiger partial charge is 0.110 e. The van der Waals surface area contributed by atoms with Crippen molar-refractivity contribution in [2.75, 3.05) is 6.61 Å². The highest BCUT2D eigenvalue weighted by Gasteiger charge is 1.97. The molecular weight excluding hydrogens is 172 g/mol. The zero-order valence-corrected chi connectivity index (χ0v) is 7.65. The molecule has 1 aromatic rings. The molecule has 0 aliphatic rings. The summed E-state index contributed by atoms with van der Waals surface area (Å²) < 4.78 is 0. The topological polar surface area (TPSA) is 45.0 Å². The summed E-state index contributed by atoms with van der Waals surface area (Å²) in [6.07, 6.45) is 0. The summed E-state index contributed by atoms with van der Waals surface area (Å²) in [5.74, 6) is 0. The predicted octanol–water partition coefficient (Wildman–Crippen LogP) is 1.66. The highest BCUT2D eigenvalue weighted by atomic mass is 32.1. The van der Waals surface area contributed by atoms with Crippen molar-refractivity contribution >= 4 is 11.3 Å². The number of hydrogen-bond acceptors (Lipinski definition) is 4. The summed E-state index contributed by atoms with van der Waals surface area (Å²) in [6, 6.07) is 5.83. The second-order valence-corrected chi connectivity index (χ2v) is 3.30. The quantitative estimate of drug-likeness (QED) is 0.569. The Balaban J connectivity index is 2.38. The lowest BCUT2D eigenvalue weighted by Gasteiger charge is -1.99. The average molecular weight is 182 g/mol. The summed E-state index contributed by atoms with van der Waals surface area (Å²) >= 11 is 1.48. The maximum atomic E-state index is 8.53. The number of hydroxylamine groups is 1. The van der Waals surface area contributed by atoms with Gasteiger partial charge in [-0.05, 0) is 19.1 Å². The fraction of sp³-hybridized carbons (Fsp3) is 0.375. The van der Waals surface area contributed by atoms with Crippen LogP contribution in [-0.4, -0.2) is 6.61 Å². The van der Waals surface area contributed by atoms with E-state index in [0.717, 1.165) is 9.75 Å². The Morgan fingerprint density at radius 2 is 2.50 bits per heavy atom. The van der Waals surface area contributed by atoms with E-state index in [2.05, 4.69) is 11.5 Å². The molecule has 0 spiro atoms. The second-order valence-electron chi connectivity index (χ2n) is 2.13. The van der Waals surface area contributed by atoms with Crippen molar-refractivity contribution in [2.24, 2.45) is 0 Å². The molecule has 0 radical (unpaired) electrons. The third-order valence-corrected chi connectivity index (χ3v) is 2.25. The van der Waals surface area contributed by atoms with E-state index in [9.17, 15) is 0 Å². The van der Waals surface area contributed by atoms with Crippen molar-refractivity contribution in [3.8, 4) is 6.07 Å². The molecule has 0 fully saturated rings. The molecule has 3 nitrogen and oxygen atoms in total. The minimum Gasteiger partial charge on any atom is -0.302 e. The fourth-order valence-corrected chi connectivity index (χ4v) is 1.49. The maximum Gasteiger partial charge on any atom is 0.110 e. The maximum absolute atomic E-state index is 8.53. The van der Waals surface area contributed by atoms with Gasteiger partial charge < -0.3 is 4.84 Å². The van der Waals surface area contributed by atoms with E-state index in [1.54, 1.807) is 0 Å². The van der Waals surface area contributed by atoms with Gasteiger partial charge in [0.15, 0.2) is 0 Å². The molecule has 0 saturated carbocycles. The second kappa shape index (κ2) is 4.88. The molecule has 0 bridgehead atoms. The van der Waals surface area contributed by atoms with Crippen LogP contribution in [0.25, 0.3) is 0 Å². The summed E-state index contributed by atoms with van der Waals surface area (Å²) in [5, 5.41) is 8.53. The van der Waals surface area contributed by atoms with E-state index in [-0.39, 0.29) is 0 Å². The highest BCUT2D eigenvalue weighted by molar-refractivity contribution is 7.12. The van der Waals surface area contributed by atoms with E-state index in [4.69, 9.17) is 10.1 Å². The van der Waals surface area contributed by atoms with Crippen molar-refractivity contribution in [3.63, 3.8) is 0 Å². The van der Waals surface area contributed by atoms with Gasteiger partial charge in [0.2, 0.25) is 0 Å². The van der Waals surface area contributed by atoms with Crippen LogP contribution in [0.3, 0.4) is 0 Å². The lowest BCUT2D eigenvalue weighted by atomic mass is 10.4. The van der Waals surface area contributed by atoms with Gasteiger partial charge in [0.25, 0.3) is 0 Å². The summed E-state index contributed by atoms with van der Waals surface area (Å²) in [4.78, 5) is 6.80. The first kappa shape index (κ1) is 9.20. The molecule has 1 rings (SSSR count). The van der Waals surface area contributed by atoms with Crippen LogP contribution in [0, 0.1) is 11.3 Å². The Kier molecular flexibility index (Phi) is 3.74. The molecule has 1 N–H and O–H groups in total. The van der Waals surface area contributed by atoms with Crippen LogP contribution in [0.1, 0.15) is 16.7 Å². The minimum absolute atomic E-state index is 0.649. The summed E-state index contributed by atoms with van der Waals surface area (Å²) in [6.45, 7) is 3.23. The lowest BCUT2D eigenvalue weighted by molar-refractivity contribution is 0.0469. The Morgan fingerprint density at radius 3 is 3.08 bits per heavy atom. The van der Waals surface area contributed by atoms with Crippen LogP contribution in [0.15, 0.2) is 12.1 Å². The number of thiophene rings is 1. The van der Waals surface area contributed by atoms with Gasteiger partial charge in [-0.15, -0.1) is 11.3 Å². The van der Waals surface area contributed by atoms with Crippen molar-refractivity contribution in [3.05, 3.63) is 21.9 Å². The molecule has 1 heterocycles. The zero-order chi connectivity index (χ0) is 8.81. The average Bonchev–Trinajstić information content (AvgIpc) is 2.53. The molecule has 0 amide bonds. The highest BCUT2D eigenvalue weighted by Crippen LogP contribution is 2.14. The third kappa shape index (κ3) is 2.62. The SMILES string of the molecule is CCONCc1ccc(C#N)s1. The molecule has 0 aromatic carbocycles. The molecule has 0 aliphatic carbocycles. The van der Waals surface area contributed by atoms with Crippen LogP contribution >= 0.6 is 11.3 Å². The van der Waals surface area contributed by atoms with Gasteiger partial charge >= 0.3 is 0 Å². The number of nitrogens with zero attached hydrogens (tertiary/aromatic N) is 1. The standard InChI is InChI=1S/C8H10N2OS/c1-2-11-10-6-8-4-3-7(5-9)12-8/h3-4,10H,2,6H2,1H3. The Morgan fingerprint density at radius 1 is 1.67 bits per heavy atom. The molecule has 0 atom stereocenters. The van der Waals surface area contributed by atoms with Crippen molar-refractivity contribution in [1.82, 2.24) is 5.48 Å². The van der Waals surface area contributed by atoms with Crippen LogP contribution in [0.2, 0.25) is 0 Å². The Labute approximate surface area is 75.5 Å². The van der Waals surface area contributed by atoms with Gasteiger partial charge in [0.05, 0.1) is 13.2 Å². The summed E-state index contributed by atoms with van der Waals surface area (Å²) in [7, 11) is 0.